The SMILES string of the molecule is O=[N+]([O-])c1cc(Oc2ccccc2)cc([N+](=O)[O-])c1. The Labute approximate surface area is 107 Å². The first-order valence-corrected chi connectivity index (χ1v) is 5.23. The third-order valence-electron chi connectivity index (χ3n) is 2.28. The van der Waals surface area contributed by atoms with Crippen LogP contribution in [0.4, 0.5) is 11.4 Å². The van der Waals surface area contributed by atoms with Gasteiger partial charge in [0.1, 0.15) is 11.5 Å². The highest BCUT2D eigenvalue weighted by Crippen LogP contribution is 2.30. The van der Waals surface area contributed by atoms with Crippen molar-refractivity contribution in [1.29, 1.82) is 0 Å². The number of hydrogen-bond acceptors (Lipinski definition) is 5. The van der Waals surface area contributed by atoms with Gasteiger partial charge in [0, 0.05) is 0 Å². The summed E-state index contributed by atoms with van der Waals surface area (Å²) in [5.41, 5.74) is -0.778. The van der Waals surface area contributed by atoms with Crippen molar-refractivity contribution in [3.63, 3.8) is 0 Å². The molecule has 0 amide bonds. The summed E-state index contributed by atoms with van der Waals surface area (Å²) in [5.74, 6) is 0.490. The molecule has 2 rings (SSSR count). The summed E-state index contributed by atoms with van der Waals surface area (Å²) in [4.78, 5) is 20.0. The van der Waals surface area contributed by atoms with Crippen molar-refractivity contribution >= 4 is 11.4 Å². The average Bonchev–Trinajstić information content (AvgIpc) is 2.39. The first-order chi connectivity index (χ1) is 9.06. The maximum Gasteiger partial charge on any atom is 0.280 e. The Balaban J connectivity index is 2.39. The highest BCUT2D eigenvalue weighted by Gasteiger charge is 2.17. The molecule has 0 heterocycles. The minimum Gasteiger partial charge on any atom is -0.457 e. The van der Waals surface area contributed by atoms with E-state index in [0.717, 1.165) is 18.2 Å². The standard InChI is InChI=1S/C12H8N2O5/c15-13(16)9-6-10(14(17)18)8-12(7-9)19-11-4-2-1-3-5-11/h1-8H. The molecule has 19 heavy (non-hydrogen) atoms. The van der Waals surface area contributed by atoms with E-state index in [1.165, 1.54) is 0 Å². The van der Waals surface area contributed by atoms with Crippen LogP contribution in [0.1, 0.15) is 0 Å². The Bertz CT molecular complexity index is 595. The second-order valence-corrected chi connectivity index (χ2v) is 3.61. The zero-order valence-corrected chi connectivity index (χ0v) is 9.55. The highest BCUT2D eigenvalue weighted by molar-refractivity contribution is 5.50. The van der Waals surface area contributed by atoms with E-state index in [4.69, 9.17) is 4.74 Å². The second-order valence-electron chi connectivity index (χ2n) is 3.61. The molecule has 0 unspecified atom stereocenters. The molecule has 0 saturated heterocycles. The third kappa shape index (κ3) is 3.03. The predicted molar refractivity (Wildman–Crippen MR) is 66.3 cm³/mol. The van der Waals surface area contributed by atoms with E-state index < -0.39 is 9.85 Å². The summed E-state index contributed by atoms with van der Waals surface area (Å²) in [5, 5.41) is 21.4. The van der Waals surface area contributed by atoms with Crippen molar-refractivity contribution in [2.75, 3.05) is 0 Å². The van der Waals surface area contributed by atoms with Gasteiger partial charge in [-0.2, -0.15) is 0 Å². The summed E-state index contributed by atoms with van der Waals surface area (Å²) >= 11 is 0. The Hall–Kier alpha value is -2.96. The number of non-ortho nitro benzene ring substituents is 2. The first kappa shape index (κ1) is 12.5. The smallest absolute Gasteiger partial charge is 0.280 e. The van der Waals surface area contributed by atoms with Crippen molar-refractivity contribution in [1.82, 2.24) is 0 Å². The van der Waals surface area contributed by atoms with Crippen LogP contribution < -0.4 is 4.74 Å². The Morgan fingerprint density at radius 2 is 1.32 bits per heavy atom. The van der Waals surface area contributed by atoms with Crippen LogP contribution in [0.5, 0.6) is 11.5 Å². The number of para-hydroxylation sites is 1. The van der Waals surface area contributed by atoms with Gasteiger partial charge >= 0.3 is 0 Å². The maximum absolute atomic E-state index is 10.7. The summed E-state index contributed by atoms with van der Waals surface area (Å²) in [6.45, 7) is 0. The van der Waals surface area contributed by atoms with E-state index in [9.17, 15) is 20.2 Å². The van der Waals surface area contributed by atoms with E-state index in [1.54, 1.807) is 30.3 Å². The molecule has 0 saturated carbocycles. The number of nitrogens with zero attached hydrogens (tertiary/aromatic N) is 2. The molecule has 0 atom stereocenters. The largest absolute Gasteiger partial charge is 0.457 e. The van der Waals surface area contributed by atoms with Crippen LogP contribution in [0.3, 0.4) is 0 Å². The zero-order valence-electron chi connectivity index (χ0n) is 9.55. The van der Waals surface area contributed by atoms with Crippen molar-refractivity contribution < 1.29 is 14.6 Å². The van der Waals surface area contributed by atoms with E-state index >= 15 is 0 Å². The lowest BCUT2D eigenvalue weighted by atomic mass is 10.2. The van der Waals surface area contributed by atoms with Crippen LogP contribution in [0.2, 0.25) is 0 Å². The molecule has 0 aromatic heterocycles. The molecule has 0 fully saturated rings. The molecule has 0 bridgehead atoms. The monoisotopic (exact) mass is 260 g/mol. The number of nitro groups is 2. The number of hydrogen-bond donors (Lipinski definition) is 0. The fourth-order valence-corrected chi connectivity index (χ4v) is 1.46. The van der Waals surface area contributed by atoms with Crippen LogP contribution in [0.25, 0.3) is 0 Å². The Morgan fingerprint density at radius 3 is 1.79 bits per heavy atom. The molecule has 2 aromatic carbocycles. The molecule has 0 aliphatic carbocycles. The van der Waals surface area contributed by atoms with Gasteiger partial charge in [0.05, 0.1) is 28.0 Å². The lowest BCUT2D eigenvalue weighted by Gasteiger charge is -2.05. The molecule has 0 aliphatic rings. The second kappa shape index (κ2) is 5.13. The fourth-order valence-electron chi connectivity index (χ4n) is 1.46. The van der Waals surface area contributed by atoms with E-state index in [1.807, 2.05) is 0 Å². The predicted octanol–water partition coefficient (Wildman–Crippen LogP) is 3.30. The minimum absolute atomic E-state index is 0.0482. The normalized spacial score (nSPS) is 9.89. The molecule has 0 spiro atoms. The number of rotatable bonds is 4. The molecule has 7 heteroatoms. The number of benzene rings is 2. The van der Waals surface area contributed by atoms with Crippen molar-refractivity contribution in [2.24, 2.45) is 0 Å². The van der Waals surface area contributed by atoms with Gasteiger partial charge in [-0.25, -0.2) is 0 Å². The van der Waals surface area contributed by atoms with Crippen LogP contribution in [-0.2, 0) is 0 Å². The Kier molecular flexibility index (Phi) is 3.37. The summed E-state index contributed by atoms with van der Waals surface area (Å²) < 4.78 is 5.35. The highest BCUT2D eigenvalue weighted by atomic mass is 16.6. The molecule has 0 N–H and O–H groups in total. The molecule has 0 radical (unpaired) electrons. The zero-order chi connectivity index (χ0) is 13.8. The van der Waals surface area contributed by atoms with Gasteiger partial charge in [-0.05, 0) is 12.1 Å². The number of nitro benzene ring substituents is 2. The van der Waals surface area contributed by atoms with Crippen molar-refractivity contribution in [3.05, 3.63) is 68.8 Å². The average molecular weight is 260 g/mol. The van der Waals surface area contributed by atoms with Crippen LogP contribution >= 0.6 is 0 Å². The van der Waals surface area contributed by atoms with Crippen LogP contribution in [0, 0.1) is 20.2 Å². The maximum atomic E-state index is 10.7. The molecule has 7 nitrogen and oxygen atoms in total. The van der Waals surface area contributed by atoms with Crippen LogP contribution in [0.15, 0.2) is 48.5 Å². The van der Waals surface area contributed by atoms with Crippen LogP contribution in [-0.4, -0.2) is 9.85 Å². The van der Waals surface area contributed by atoms with Gasteiger partial charge in [-0.1, -0.05) is 18.2 Å². The molecular formula is C12H8N2O5. The lowest BCUT2D eigenvalue weighted by Crippen LogP contribution is -1.94. The first-order valence-electron chi connectivity index (χ1n) is 5.23. The molecule has 2 aromatic rings. The van der Waals surface area contributed by atoms with Crippen molar-refractivity contribution in [3.8, 4) is 11.5 Å². The summed E-state index contributed by atoms with van der Waals surface area (Å²) in [6, 6.07) is 11.7. The lowest BCUT2D eigenvalue weighted by molar-refractivity contribution is -0.394. The Morgan fingerprint density at radius 1 is 0.789 bits per heavy atom. The van der Waals surface area contributed by atoms with Gasteiger partial charge in [0.25, 0.3) is 11.4 Å². The van der Waals surface area contributed by atoms with Gasteiger partial charge in [-0.15, -0.1) is 0 Å². The quantitative estimate of drug-likeness (QED) is 0.620. The third-order valence-corrected chi connectivity index (χ3v) is 2.28. The van der Waals surface area contributed by atoms with Gasteiger partial charge in [0.2, 0.25) is 0 Å². The fraction of sp³-hybridized carbons (Fsp3) is 0. The summed E-state index contributed by atoms with van der Waals surface area (Å²) in [7, 11) is 0. The van der Waals surface area contributed by atoms with E-state index in [2.05, 4.69) is 0 Å². The van der Waals surface area contributed by atoms with Gasteiger partial charge in [-0.3, -0.25) is 20.2 Å². The molecular weight excluding hydrogens is 252 g/mol. The number of ether oxygens (including phenoxy) is 1. The van der Waals surface area contributed by atoms with Gasteiger partial charge < -0.3 is 4.74 Å². The molecule has 0 aliphatic heterocycles. The van der Waals surface area contributed by atoms with Crippen molar-refractivity contribution in [2.45, 2.75) is 0 Å². The van der Waals surface area contributed by atoms with E-state index in [-0.39, 0.29) is 17.1 Å². The minimum atomic E-state index is -0.704. The summed E-state index contributed by atoms with van der Waals surface area (Å²) in [6.07, 6.45) is 0. The topological polar surface area (TPSA) is 95.5 Å². The van der Waals surface area contributed by atoms with Gasteiger partial charge in [0.15, 0.2) is 0 Å². The van der Waals surface area contributed by atoms with E-state index in [0.29, 0.717) is 5.75 Å². The molecule has 96 valence electrons.